The number of ether oxygens (including phenoxy) is 1. The number of hydrogen-bond donors (Lipinski definition) is 1. The Morgan fingerprint density at radius 2 is 1.74 bits per heavy atom. The topological polar surface area (TPSA) is 75.7 Å². The second-order valence-electron chi connectivity index (χ2n) is 5.15. The summed E-state index contributed by atoms with van der Waals surface area (Å²) in [6.45, 7) is 9.25. The van der Waals surface area contributed by atoms with Crippen LogP contribution < -0.4 is 5.32 Å². The Hall–Kier alpha value is -1.59. The minimum atomic E-state index is -0.543. The molecule has 110 valence electrons. The first-order valence-electron chi connectivity index (χ1n) is 6.44. The number of rotatable bonds is 6. The number of amides is 2. The van der Waals surface area contributed by atoms with E-state index >= 15 is 0 Å². The van der Waals surface area contributed by atoms with Gasteiger partial charge in [-0.05, 0) is 13.8 Å². The Labute approximate surface area is 114 Å². The van der Waals surface area contributed by atoms with E-state index in [1.807, 2.05) is 0 Å². The molecule has 1 N–H and O–H groups in total. The summed E-state index contributed by atoms with van der Waals surface area (Å²) in [5.41, 5.74) is -0.543. The second kappa shape index (κ2) is 7.76. The zero-order valence-electron chi connectivity index (χ0n) is 12.4. The van der Waals surface area contributed by atoms with Crippen molar-refractivity contribution in [3.63, 3.8) is 0 Å². The lowest BCUT2D eigenvalue weighted by atomic mass is 9.96. The van der Waals surface area contributed by atoms with Gasteiger partial charge in [-0.2, -0.15) is 0 Å². The summed E-state index contributed by atoms with van der Waals surface area (Å²) in [4.78, 5) is 36.1. The summed E-state index contributed by atoms with van der Waals surface area (Å²) >= 11 is 0. The number of likely N-dealkylation sites (N-methyl/N-ethyl adjacent to an activating group) is 1. The van der Waals surface area contributed by atoms with Crippen molar-refractivity contribution in [3.05, 3.63) is 0 Å². The fourth-order valence-corrected chi connectivity index (χ4v) is 1.27. The summed E-state index contributed by atoms with van der Waals surface area (Å²) in [7, 11) is 0. The van der Waals surface area contributed by atoms with Crippen LogP contribution in [0.2, 0.25) is 0 Å². The molecule has 19 heavy (non-hydrogen) atoms. The van der Waals surface area contributed by atoms with Gasteiger partial charge < -0.3 is 15.0 Å². The molecule has 0 atom stereocenters. The number of carbonyl (C=O) groups is 3. The summed E-state index contributed by atoms with van der Waals surface area (Å²) in [6.07, 6.45) is 0. The molecule has 0 aromatic rings. The van der Waals surface area contributed by atoms with Crippen LogP contribution in [0.5, 0.6) is 0 Å². The lowest BCUT2D eigenvalue weighted by Gasteiger charge is -2.22. The highest BCUT2D eigenvalue weighted by molar-refractivity contribution is 5.88. The van der Waals surface area contributed by atoms with Gasteiger partial charge in [-0.15, -0.1) is 0 Å². The van der Waals surface area contributed by atoms with Gasteiger partial charge in [0.1, 0.15) is 6.54 Å². The van der Waals surface area contributed by atoms with E-state index in [4.69, 9.17) is 4.74 Å². The standard InChI is InChI=1S/C13H24N2O4/c1-6-15(9-11(17)19-7-2)10(16)8-14-12(18)13(3,4)5/h6-9H2,1-5H3,(H,14,18). The van der Waals surface area contributed by atoms with Crippen molar-refractivity contribution in [2.24, 2.45) is 5.41 Å². The van der Waals surface area contributed by atoms with Crippen molar-refractivity contribution in [2.45, 2.75) is 34.6 Å². The third-order valence-corrected chi connectivity index (χ3v) is 2.44. The van der Waals surface area contributed by atoms with Gasteiger partial charge in [0.05, 0.1) is 13.2 Å². The predicted octanol–water partition coefficient (Wildman–Crippen LogP) is 0.560. The Morgan fingerprint density at radius 3 is 2.16 bits per heavy atom. The molecule has 0 bridgehead atoms. The molecule has 0 fully saturated rings. The van der Waals surface area contributed by atoms with Crippen LogP contribution in [0.15, 0.2) is 0 Å². The van der Waals surface area contributed by atoms with E-state index in [2.05, 4.69) is 5.32 Å². The quantitative estimate of drug-likeness (QED) is 0.717. The maximum atomic E-state index is 11.8. The van der Waals surface area contributed by atoms with E-state index in [0.29, 0.717) is 6.54 Å². The summed E-state index contributed by atoms with van der Waals surface area (Å²) in [5.74, 6) is -0.943. The first-order valence-corrected chi connectivity index (χ1v) is 6.44. The molecule has 0 aromatic heterocycles. The minimum absolute atomic E-state index is 0.0887. The van der Waals surface area contributed by atoms with Crippen molar-refractivity contribution < 1.29 is 19.1 Å². The molecule has 0 saturated heterocycles. The normalized spacial score (nSPS) is 10.8. The Bertz CT molecular complexity index is 334. The first kappa shape index (κ1) is 17.4. The number of esters is 1. The molecule has 0 aromatic carbocycles. The van der Waals surface area contributed by atoms with Crippen LogP contribution >= 0.6 is 0 Å². The predicted molar refractivity (Wildman–Crippen MR) is 71.4 cm³/mol. The summed E-state index contributed by atoms with van der Waals surface area (Å²) in [5, 5.41) is 2.56. The van der Waals surface area contributed by atoms with Gasteiger partial charge >= 0.3 is 5.97 Å². The Kier molecular flexibility index (Phi) is 7.11. The molecular weight excluding hydrogens is 248 g/mol. The van der Waals surface area contributed by atoms with Crippen LogP contribution in [0.4, 0.5) is 0 Å². The number of hydrogen-bond acceptors (Lipinski definition) is 4. The van der Waals surface area contributed by atoms with Crippen LogP contribution in [0, 0.1) is 5.41 Å². The highest BCUT2D eigenvalue weighted by Crippen LogP contribution is 2.12. The third kappa shape index (κ3) is 6.79. The van der Waals surface area contributed by atoms with Gasteiger partial charge in [0.2, 0.25) is 11.8 Å². The number of carbonyl (C=O) groups excluding carboxylic acids is 3. The average molecular weight is 272 g/mol. The highest BCUT2D eigenvalue weighted by atomic mass is 16.5. The van der Waals surface area contributed by atoms with Crippen molar-refractivity contribution in [2.75, 3.05) is 26.2 Å². The van der Waals surface area contributed by atoms with Crippen molar-refractivity contribution in [1.29, 1.82) is 0 Å². The fraction of sp³-hybridized carbons (Fsp3) is 0.769. The Balaban J connectivity index is 4.30. The molecule has 0 aliphatic carbocycles. The molecule has 0 spiro atoms. The fourth-order valence-electron chi connectivity index (χ4n) is 1.27. The molecule has 0 aliphatic heterocycles. The van der Waals surface area contributed by atoms with Crippen molar-refractivity contribution in [3.8, 4) is 0 Å². The molecule has 0 heterocycles. The maximum Gasteiger partial charge on any atom is 0.325 e. The van der Waals surface area contributed by atoms with E-state index in [1.54, 1.807) is 34.6 Å². The van der Waals surface area contributed by atoms with Crippen LogP contribution in [0.1, 0.15) is 34.6 Å². The van der Waals surface area contributed by atoms with E-state index < -0.39 is 11.4 Å². The van der Waals surface area contributed by atoms with E-state index in [0.717, 1.165) is 0 Å². The van der Waals surface area contributed by atoms with Crippen LogP contribution in [-0.2, 0) is 19.1 Å². The minimum Gasteiger partial charge on any atom is -0.465 e. The van der Waals surface area contributed by atoms with Gasteiger partial charge in [0.15, 0.2) is 0 Å². The summed E-state index contributed by atoms with van der Waals surface area (Å²) in [6, 6.07) is 0. The molecule has 0 unspecified atom stereocenters. The van der Waals surface area contributed by atoms with Crippen molar-refractivity contribution in [1.82, 2.24) is 10.2 Å². The largest absolute Gasteiger partial charge is 0.465 e. The van der Waals surface area contributed by atoms with Gasteiger partial charge in [-0.25, -0.2) is 0 Å². The van der Waals surface area contributed by atoms with Gasteiger partial charge in [0.25, 0.3) is 0 Å². The molecule has 0 aliphatic rings. The zero-order valence-corrected chi connectivity index (χ0v) is 12.4. The Morgan fingerprint density at radius 1 is 1.16 bits per heavy atom. The SMILES string of the molecule is CCOC(=O)CN(CC)C(=O)CNC(=O)C(C)(C)C. The molecule has 0 rings (SSSR count). The second-order valence-corrected chi connectivity index (χ2v) is 5.15. The summed E-state index contributed by atoms with van der Waals surface area (Å²) < 4.78 is 4.78. The smallest absolute Gasteiger partial charge is 0.325 e. The third-order valence-electron chi connectivity index (χ3n) is 2.44. The monoisotopic (exact) mass is 272 g/mol. The first-order chi connectivity index (χ1) is 8.72. The highest BCUT2D eigenvalue weighted by Gasteiger charge is 2.23. The molecular formula is C13H24N2O4. The van der Waals surface area contributed by atoms with E-state index in [-0.39, 0.29) is 31.5 Å². The van der Waals surface area contributed by atoms with Crippen LogP contribution in [-0.4, -0.2) is 48.9 Å². The lowest BCUT2D eigenvalue weighted by Crippen LogP contribution is -2.45. The number of nitrogens with one attached hydrogen (secondary N) is 1. The zero-order chi connectivity index (χ0) is 15.1. The lowest BCUT2D eigenvalue weighted by molar-refractivity contribution is -0.148. The van der Waals surface area contributed by atoms with Crippen LogP contribution in [0.3, 0.4) is 0 Å². The molecule has 0 radical (unpaired) electrons. The number of nitrogens with zero attached hydrogens (tertiary/aromatic N) is 1. The van der Waals surface area contributed by atoms with Crippen molar-refractivity contribution >= 4 is 17.8 Å². The molecule has 6 heteroatoms. The molecule has 0 saturated carbocycles. The maximum absolute atomic E-state index is 11.8. The van der Waals surface area contributed by atoms with E-state index in [1.165, 1.54) is 4.90 Å². The van der Waals surface area contributed by atoms with Gasteiger partial charge in [-0.3, -0.25) is 14.4 Å². The van der Waals surface area contributed by atoms with Crippen LogP contribution in [0.25, 0.3) is 0 Å². The molecule has 2 amide bonds. The van der Waals surface area contributed by atoms with E-state index in [9.17, 15) is 14.4 Å². The average Bonchev–Trinajstić information content (AvgIpc) is 2.31. The van der Waals surface area contributed by atoms with Gasteiger partial charge in [0, 0.05) is 12.0 Å². The molecule has 6 nitrogen and oxygen atoms in total. The van der Waals surface area contributed by atoms with Gasteiger partial charge in [-0.1, -0.05) is 20.8 Å².